The standard InChI is InChI=1S/C16H16O4/c1-19-13-8-5-9-14(11-13)20-15(16(17)18)10-12-6-3-2-4-7-12/h2-9,11,15H,10H2,1H3,(H,17,18)/t15-/m0/s1. The molecule has 20 heavy (non-hydrogen) atoms. The van der Waals surface area contributed by atoms with E-state index in [0.29, 0.717) is 17.9 Å². The number of carbonyl (C=O) groups is 1. The van der Waals surface area contributed by atoms with Gasteiger partial charge in [0.1, 0.15) is 11.5 Å². The van der Waals surface area contributed by atoms with Gasteiger partial charge in [0.05, 0.1) is 7.11 Å². The lowest BCUT2D eigenvalue weighted by molar-refractivity contribution is -0.145. The molecule has 0 radical (unpaired) electrons. The first-order chi connectivity index (χ1) is 9.69. The molecule has 2 aromatic carbocycles. The summed E-state index contributed by atoms with van der Waals surface area (Å²) < 4.78 is 10.6. The van der Waals surface area contributed by atoms with Crippen LogP contribution < -0.4 is 9.47 Å². The van der Waals surface area contributed by atoms with Gasteiger partial charge >= 0.3 is 5.97 Å². The minimum absolute atomic E-state index is 0.313. The minimum atomic E-state index is -0.989. The summed E-state index contributed by atoms with van der Waals surface area (Å²) in [7, 11) is 1.55. The van der Waals surface area contributed by atoms with Crippen molar-refractivity contribution in [1.82, 2.24) is 0 Å². The van der Waals surface area contributed by atoms with Crippen LogP contribution in [0, 0.1) is 0 Å². The summed E-state index contributed by atoms with van der Waals surface area (Å²) in [4.78, 5) is 11.3. The Bertz CT molecular complexity index is 566. The quantitative estimate of drug-likeness (QED) is 0.878. The number of rotatable bonds is 6. The summed E-state index contributed by atoms with van der Waals surface area (Å²) in [6, 6.07) is 16.3. The third kappa shape index (κ3) is 3.75. The third-order valence-electron chi connectivity index (χ3n) is 2.86. The van der Waals surface area contributed by atoms with Gasteiger partial charge in [-0.1, -0.05) is 36.4 Å². The summed E-state index contributed by atoms with van der Waals surface area (Å²) in [5.41, 5.74) is 0.919. The maximum absolute atomic E-state index is 11.3. The normalized spacial score (nSPS) is 11.7. The highest BCUT2D eigenvalue weighted by Crippen LogP contribution is 2.21. The van der Waals surface area contributed by atoms with Crippen molar-refractivity contribution in [2.45, 2.75) is 12.5 Å². The lowest BCUT2D eigenvalue weighted by Crippen LogP contribution is -2.29. The molecular weight excluding hydrogens is 256 g/mol. The van der Waals surface area contributed by atoms with Crippen LogP contribution in [-0.4, -0.2) is 24.3 Å². The summed E-state index contributed by atoms with van der Waals surface area (Å²) in [6.45, 7) is 0. The fourth-order valence-corrected chi connectivity index (χ4v) is 1.85. The van der Waals surface area contributed by atoms with E-state index < -0.39 is 12.1 Å². The van der Waals surface area contributed by atoms with Crippen LogP contribution in [0.5, 0.6) is 11.5 Å². The number of aliphatic carboxylic acids is 1. The summed E-state index contributed by atoms with van der Waals surface area (Å²) >= 11 is 0. The van der Waals surface area contributed by atoms with Gasteiger partial charge in [-0.15, -0.1) is 0 Å². The number of hydrogen-bond donors (Lipinski definition) is 1. The molecule has 1 N–H and O–H groups in total. The zero-order chi connectivity index (χ0) is 14.4. The van der Waals surface area contributed by atoms with Crippen LogP contribution in [0.15, 0.2) is 54.6 Å². The van der Waals surface area contributed by atoms with Crippen LogP contribution in [0.25, 0.3) is 0 Å². The predicted octanol–water partition coefficient (Wildman–Crippen LogP) is 2.77. The van der Waals surface area contributed by atoms with Gasteiger partial charge in [-0.05, 0) is 17.7 Å². The van der Waals surface area contributed by atoms with E-state index in [2.05, 4.69) is 0 Å². The molecule has 0 bridgehead atoms. The molecule has 1 atom stereocenters. The number of ether oxygens (including phenoxy) is 2. The molecule has 2 rings (SSSR count). The SMILES string of the molecule is COc1cccc(O[C@@H](Cc2ccccc2)C(=O)O)c1. The number of methoxy groups -OCH3 is 1. The van der Waals surface area contributed by atoms with Gasteiger partial charge in [-0.2, -0.15) is 0 Å². The number of hydrogen-bond acceptors (Lipinski definition) is 3. The molecule has 4 nitrogen and oxygen atoms in total. The monoisotopic (exact) mass is 272 g/mol. The van der Waals surface area contributed by atoms with Crippen molar-refractivity contribution in [1.29, 1.82) is 0 Å². The van der Waals surface area contributed by atoms with E-state index in [1.165, 1.54) is 0 Å². The highest BCUT2D eigenvalue weighted by molar-refractivity contribution is 5.73. The Morgan fingerprint density at radius 3 is 2.45 bits per heavy atom. The molecule has 0 aliphatic heterocycles. The summed E-state index contributed by atoms with van der Waals surface area (Å²) in [5.74, 6) is 0.121. The molecule has 0 aliphatic carbocycles. The van der Waals surface area contributed by atoms with Crippen LogP contribution in [0.3, 0.4) is 0 Å². The van der Waals surface area contributed by atoms with E-state index in [9.17, 15) is 9.90 Å². The van der Waals surface area contributed by atoms with Gasteiger partial charge in [0, 0.05) is 12.5 Å². The van der Waals surface area contributed by atoms with Crippen molar-refractivity contribution in [3.63, 3.8) is 0 Å². The molecule has 104 valence electrons. The average molecular weight is 272 g/mol. The molecule has 0 saturated heterocycles. The molecule has 0 unspecified atom stereocenters. The fourth-order valence-electron chi connectivity index (χ4n) is 1.85. The number of carboxylic acids is 1. The van der Waals surface area contributed by atoms with E-state index in [0.717, 1.165) is 5.56 Å². The minimum Gasteiger partial charge on any atom is -0.497 e. The molecule has 0 saturated carbocycles. The summed E-state index contributed by atoms with van der Waals surface area (Å²) in [5, 5.41) is 9.27. The summed E-state index contributed by atoms with van der Waals surface area (Å²) in [6.07, 6.45) is -0.614. The van der Waals surface area contributed by atoms with Crippen molar-refractivity contribution in [3.05, 3.63) is 60.2 Å². The van der Waals surface area contributed by atoms with Crippen LogP contribution in [-0.2, 0) is 11.2 Å². The van der Waals surface area contributed by atoms with E-state index in [1.54, 1.807) is 31.4 Å². The first-order valence-electron chi connectivity index (χ1n) is 6.26. The van der Waals surface area contributed by atoms with Gasteiger partial charge in [0.25, 0.3) is 0 Å². The second-order valence-electron chi connectivity index (χ2n) is 4.31. The van der Waals surface area contributed by atoms with Gasteiger partial charge in [-0.25, -0.2) is 4.79 Å². The first-order valence-corrected chi connectivity index (χ1v) is 6.26. The van der Waals surface area contributed by atoms with Gasteiger partial charge < -0.3 is 14.6 Å². The molecule has 0 aromatic heterocycles. The van der Waals surface area contributed by atoms with Crippen molar-refractivity contribution in [2.75, 3.05) is 7.11 Å². The van der Waals surface area contributed by atoms with E-state index >= 15 is 0 Å². The molecule has 2 aromatic rings. The molecule has 0 amide bonds. The van der Waals surface area contributed by atoms with Gasteiger partial charge in [-0.3, -0.25) is 0 Å². The number of carboxylic acid groups (broad SMARTS) is 1. The predicted molar refractivity (Wildman–Crippen MR) is 75.2 cm³/mol. The smallest absolute Gasteiger partial charge is 0.345 e. The highest BCUT2D eigenvalue weighted by atomic mass is 16.5. The largest absolute Gasteiger partial charge is 0.497 e. The van der Waals surface area contributed by atoms with Crippen molar-refractivity contribution >= 4 is 5.97 Å². The van der Waals surface area contributed by atoms with Crippen molar-refractivity contribution < 1.29 is 19.4 Å². The van der Waals surface area contributed by atoms with Crippen molar-refractivity contribution in [2.24, 2.45) is 0 Å². The average Bonchev–Trinajstić information content (AvgIpc) is 2.48. The zero-order valence-corrected chi connectivity index (χ0v) is 11.2. The number of benzene rings is 2. The van der Waals surface area contributed by atoms with Crippen molar-refractivity contribution in [3.8, 4) is 11.5 Å². The maximum Gasteiger partial charge on any atom is 0.345 e. The zero-order valence-electron chi connectivity index (χ0n) is 11.2. The van der Waals surface area contributed by atoms with Crippen LogP contribution >= 0.6 is 0 Å². The lowest BCUT2D eigenvalue weighted by atomic mass is 10.1. The second kappa shape index (κ2) is 6.61. The van der Waals surface area contributed by atoms with Crippen LogP contribution in [0.2, 0.25) is 0 Å². The highest BCUT2D eigenvalue weighted by Gasteiger charge is 2.20. The maximum atomic E-state index is 11.3. The molecule has 0 fully saturated rings. The van der Waals surface area contributed by atoms with E-state index in [4.69, 9.17) is 9.47 Å². The molecule has 4 heteroatoms. The molecular formula is C16H16O4. The molecule has 0 heterocycles. The Kier molecular flexibility index (Phi) is 4.60. The first kappa shape index (κ1) is 13.9. The van der Waals surface area contributed by atoms with Crippen LogP contribution in [0.1, 0.15) is 5.56 Å². The lowest BCUT2D eigenvalue weighted by Gasteiger charge is -2.15. The Labute approximate surface area is 117 Å². The topological polar surface area (TPSA) is 55.8 Å². The fraction of sp³-hybridized carbons (Fsp3) is 0.188. The van der Waals surface area contributed by atoms with E-state index in [1.807, 2.05) is 30.3 Å². The molecule has 0 aliphatic rings. The Morgan fingerprint density at radius 1 is 1.10 bits per heavy atom. The molecule has 0 spiro atoms. The van der Waals surface area contributed by atoms with Gasteiger partial charge in [0.2, 0.25) is 0 Å². The Balaban J connectivity index is 2.11. The second-order valence-corrected chi connectivity index (χ2v) is 4.31. The Morgan fingerprint density at radius 2 is 1.80 bits per heavy atom. The third-order valence-corrected chi connectivity index (χ3v) is 2.86. The van der Waals surface area contributed by atoms with Crippen LogP contribution in [0.4, 0.5) is 0 Å². The van der Waals surface area contributed by atoms with Gasteiger partial charge in [0.15, 0.2) is 6.10 Å². The van der Waals surface area contributed by atoms with E-state index in [-0.39, 0.29) is 0 Å². The Hall–Kier alpha value is -2.49.